The average molecular weight is 565 g/mol. The molecule has 3 fully saturated rings. The highest BCUT2D eigenvalue weighted by Gasteiger charge is 2.47. The fourth-order valence-corrected chi connectivity index (χ4v) is 5.71. The topological polar surface area (TPSA) is 136 Å². The second kappa shape index (κ2) is 9.94. The summed E-state index contributed by atoms with van der Waals surface area (Å²) in [6.45, 7) is 6.91. The molecule has 3 aromatic heterocycles. The largest absolute Gasteiger partial charge is 0.494 e. The number of hydrogen-bond donors (Lipinski definition) is 1. The van der Waals surface area contributed by atoms with Crippen molar-refractivity contribution in [2.24, 2.45) is 7.05 Å². The quantitative estimate of drug-likeness (QED) is 0.291. The van der Waals surface area contributed by atoms with E-state index in [1.54, 1.807) is 18.0 Å². The number of aromatic nitrogens is 7. The summed E-state index contributed by atoms with van der Waals surface area (Å²) in [6.07, 6.45) is 5.53. The number of piperazine rings is 1. The minimum absolute atomic E-state index is 0.0255. The van der Waals surface area contributed by atoms with Gasteiger partial charge in [0.15, 0.2) is 5.82 Å². The molecule has 2 aromatic carbocycles. The number of ether oxygens (including phenoxy) is 2. The van der Waals surface area contributed by atoms with Gasteiger partial charge in [-0.2, -0.15) is 0 Å². The van der Waals surface area contributed by atoms with E-state index in [4.69, 9.17) is 14.5 Å². The van der Waals surface area contributed by atoms with Gasteiger partial charge < -0.3 is 24.6 Å². The van der Waals surface area contributed by atoms with Crippen LogP contribution in [0.2, 0.25) is 0 Å². The predicted octanol–water partition coefficient (Wildman–Crippen LogP) is 3.53. The van der Waals surface area contributed by atoms with Gasteiger partial charge in [-0.25, -0.2) is 24.6 Å². The summed E-state index contributed by atoms with van der Waals surface area (Å²) in [5.74, 6) is 2.93. The average Bonchev–Trinajstić information content (AvgIpc) is 3.37. The van der Waals surface area contributed by atoms with Crippen LogP contribution in [0.15, 0.2) is 55.5 Å². The number of nitrogens with zero attached hydrogens (tertiary/aromatic N) is 9. The fraction of sp³-hybridized carbons (Fsp3) is 0.276. The Balaban J connectivity index is 1.15. The lowest BCUT2D eigenvalue weighted by Gasteiger charge is -2.55. The molecule has 13 heteroatoms. The molecule has 42 heavy (non-hydrogen) atoms. The van der Waals surface area contributed by atoms with E-state index in [0.29, 0.717) is 58.8 Å². The van der Waals surface area contributed by atoms with Crippen LogP contribution in [-0.4, -0.2) is 78.0 Å². The third-order valence-corrected chi connectivity index (χ3v) is 7.83. The Kier molecular flexibility index (Phi) is 6.07. The van der Waals surface area contributed by atoms with Crippen LogP contribution in [0.4, 0.5) is 17.5 Å². The molecular weight excluding hydrogens is 536 g/mol. The van der Waals surface area contributed by atoms with Gasteiger partial charge in [0, 0.05) is 32.3 Å². The molecule has 0 aliphatic carbocycles. The van der Waals surface area contributed by atoms with Crippen molar-refractivity contribution < 1.29 is 14.3 Å². The van der Waals surface area contributed by atoms with Crippen molar-refractivity contribution in [3.05, 3.63) is 61.1 Å². The van der Waals surface area contributed by atoms with Crippen molar-refractivity contribution in [1.82, 2.24) is 39.8 Å². The number of rotatable bonds is 7. The lowest BCUT2D eigenvalue weighted by molar-refractivity contribution is -0.140. The van der Waals surface area contributed by atoms with E-state index in [0.717, 1.165) is 23.0 Å². The Morgan fingerprint density at radius 2 is 1.93 bits per heavy atom. The molecule has 0 spiro atoms. The van der Waals surface area contributed by atoms with Gasteiger partial charge in [0.05, 0.1) is 36.6 Å². The number of carbonyl (C=O) groups excluding carboxylic acids is 1. The van der Waals surface area contributed by atoms with Crippen molar-refractivity contribution in [1.29, 1.82) is 0 Å². The highest BCUT2D eigenvalue weighted by molar-refractivity contribution is 5.89. The maximum atomic E-state index is 12.2. The molecule has 0 saturated carbocycles. The molecule has 2 bridgehead atoms. The van der Waals surface area contributed by atoms with Crippen molar-refractivity contribution in [2.75, 3.05) is 30.4 Å². The van der Waals surface area contributed by atoms with Gasteiger partial charge in [-0.15, -0.1) is 5.10 Å². The highest BCUT2D eigenvalue weighted by atomic mass is 16.5. The minimum atomic E-state index is -0.0255. The SMILES string of the molecule is C=CC(=O)N1C2CC1CN(c1ncc3ncnc(Nc4cc(C)c(Oc5ccc6c(c5)nnn6C)cc4OC)c3n1)C2. The van der Waals surface area contributed by atoms with Crippen LogP contribution < -0.4 is 19.7 Å². The Hall–Kier alpha value is -5.33. The van der Waals surface area contributed by atoms with E-state index >= 15 is 0 Å². The molecule has 2 atom stereocenters. The third kappa shape index (κ3) is 4.29. The maximum absolute atomic E-state index is 12.2. The standard InChI is InChI=1S/C29H28N10O3/c1-5-26(40)39-17-9-18(39)14-38(13-17)29-30-12-22-27(34-29)28(32-15-31-22)33-21-8-16(2)24(11-25(21)41-4)42-19-6-7-23-20(10-19)35-36-37(23)3/h5-8,10-12,15,17-18H,1,9,13-14H2,2-4H3,(H,31,32,33). The van der Waals surface area contributed by atoms with E-state index < -0.39 is 0 Å². The summed E-state index contributed by atoms with van der Waals surface area (Å²) >= 11 is 0. The number of fused-ring (bicyclic) bond motifs is 4. The Morgan fingerprint density at radius 3 is 2.71 bits per heavy atom. The summed E-state index contributed by atoms with van der Waals surface area (Å²) in [7, 11) is 3.45. The minimum Gasteiger partial charge on any atom is -0.494 e. The summed E-state index contributed by atoms with van der Waals surface area (Å²) in [5, 5.41) is 11.6. The number of piperidine rings is 1. The zero-order valence-electron chi connectivity index (χ0n) is 23.4. The normalized spacial score (nSPS) is 17.7. The van der Waals surface area contributed by atoms with E-state index in [1.165, 1.54) is 12.4 Å². The van der Waals surface area contributed by atoms with Gasteiger partial charge in [0.2, 0.25) is 11.9 Å². The molecule has 1 amide bonds. The van der Waals surface area contributed by atoms with E-state index in [1.807, 2.05) is 49.2 Å². The summed E-state index contributed by atoms with van der Waals surface area (Å²) in [6, 6.07) is 9.70. The van der Waals surface area contributed by atoms with Crippen LogP contribution in [0.5, 0.6) is 17.2 Å². The molecule has 5 aromatic rings. The molecule has 3 aliphatic rings. The molecule has 2 unspecified atom stereocenters. The second-order valence-corrected chi connectivity index (χ2v) is 10.4. The zero-order chi connectivity index (χ0) is 29.0. The van der Waals surface area contributed by atoms with Crippen LogP contribution in [0.3, 0.4) is 0 Å². The summed E-state index contributed by atoms with van der Waals surface area (Å²) in [4.78, 5) is 34.5. The molecule has 212 valence electrons. The van der Waals surface area contributed by atoms with Gasteiger partial charge in [0.25, 0.3) is 0 Å². The summed E-state index contributed by atoms with van der Waals surface area (Å²) < 4.78 is 13.6. The Morgan fingerprint density at radius 1 is 1.10 bits per heavy atom. The molecule has 13 nitrogen and oxygen atoms in total. The highest BCUT2D eigenvalue weighted by Crippen LogP contribution is 2.38. The monoisotopic (exact) mass is 564 g/mol. The Bertz CT molecular complexity index is 1860. The van der Waals surface area contributed by atoms with E-state index in [9.17, 15) is 4.79 Å². The number of hydrogen-bond acceptors (Lipinski definition) is 11. The third-order valence-electron chi connectivity index (χ3n) is 7.83. The Labute approximate surface area is 240 Å². The van der Waals surface area contributed by atoms with E-state index in [2.05, 4.69) is 42.1 Å². The first-order valence-corrected chi connectivity index (χ1v) is 13.5. The van der Waals surface area contributed by atoms with Crippen LogP contribution in [-0.2, 0) is 11.8 Å². The van der Waals surface area contributed by atoms with Crippen molar-refractivity contribution in [3.8, 4) is 17.2 Å². The molecular formula is C29H28N10O3. The molecule has 8 rings (SSSR count). The van der Waals surface area contributed by atoms with Crippen molar-refractivity contribution in [3.63, 3.8) is 0 Å². The van der Waals surface area contributed by atoms with Gasteiger partial charge in [-0.05, 0) is 43.2 Å². The van der Waals surface area contributed by atoms with Crippen LogP contribution in [0.25, 0.3) is 22.1 Å². The summed E-state index contributed by atoms with van der Waals surface area (Å²) in [5.41, 5.74) is 4.44. The predicted molar refractivity (Wildman–Crippen MR) is 156 cm³/mol. The van der Waals surface area contributed by atoms with Crippen LogP contribution >= 0.6 is 0 Å². The number of nitrogens with one attached hydrogen (secondary N) is 1. The lowest BCUT2D eigenvalue weighted by Crippen LogP contribution is -2.70. The molecule has 3 saturated heterocycles. The van der Waals surface area contributed by atoms with Crippen molar-refractivity contribution in [2.45, 2.75) is 25.4 Å². The molecule has 3 aliphatic heterocycles. The lowest BCUT2D eigenvalue weighted by atomic mass is 9.87. The first kappa shape index (κ1) is 25.6. The van der Waals surface area contributed by atoms with Gasteiger partial charge in [-0.1, -0.05) is 11.8 Å². The number of benzene rings is 2. The number of methoxy groups -OCH3 is 1. The fourth-order valence-electron chi connectivity index (χ4n) is 5.71. The second-order valence-electron chi connectivity index (χ2n) is 10.4. The first-order valence-electron chi connectivity index (χ1n) is 13.5. The number of anilines is 3. The molecule has 0 radical (unpaired) electrons. The molecule has 1 N–H and O–H groups in total. The zero-order valence-corrected chi connectivity index (χ0v) is 23.4. The number of amides is 1. The van der Waals surface area contributed by atoms with Gasteiger partial charge in [0.1, 0.15) is 40.1 Å². The van der Waals surface area contributed by atoms with Crippen LogP contribution in [0, 0.1) is 6.92 Å². The van der Waals surface area contributed by atoms with Crippen LogP contribution in [0.1, 0.15) is 12.0 Å². The van der Waals surface area contributed by atoms with Gasteiger partial charge in [-0.3, -0.25) is 4.79 Å². The maximum Gasteiger partial charge on any atom is 0.246 e. The first-order chi connectivity index (χ1) is 20.4. The number of aryl methyl sites for hydroxylation is 2. The smallest absolute Gasteiger partial charge is 0.246 e. The van der Waals surface area contributed by atoms with Crippen molar-refractivity contribution >= 4 is 45.4 Å². The van der Waals surface area contributed by atoms with Gasteiger partial charge >= 0.3 is 0 Å². The number of carbonyl (C=O) groups is 1. The molecule has 6 heterocycles. The van der Waals surface area contributed by atoms with E-state index in [-0.39, 0.29) is 18.0 Å².